The van der Waals surface area contributed by atoms with E-state index in [9.17, 15) is 4.79 Å². The Morgan fingerprint density at radius 3 is 2.95 bits per heavy atom. The molecule has 0 spiro atoms. The number of hydrogen-bond donors (Lipinski definition) is 3. The van der Waals surface area contributed by atoms with E-state index in [0.29, 0.717) is 17.2 Å². The van der Waals surface area contributed by atoms with Gasteiger partial charge in [-0.2, -0.15) is 0 Å². The average Bonchev–Trinajstić information content (AvgIpc) is 2.93. The maximum absolute atomic E-state index is 12.0. The summed E-state index contributed by atoms with van der Waals surface area (Å²) in [4.78, 5) is 16.3. The fraction of sp³-hybridized carbons (Fsp3) is 0.333. The van der Waals surface area contributed by atoms with Gasteiger partial charge in [-0.1, -0.05) is 19.1 Å². The fourth-order valence-corrected chi connectivity index (χ4v) is 2.53. The van der Waals surface area contributed by atoms with E-state index < -0.39 is 0 Å². The molecular formula is C15H19N3O2S. The van der Waals surface area contributed by atoms with Gasteiger partial charge in [-0.3, -0.25) is 4.79 Å². The number of carbonyl (C=O) groups is 1. The van der Waals surface area contributed by atoms with Crippen molar-refractivity contribution in [2.24, 2.45) is 0 Å². The number of benzene rings is 1. The first-order valence-electron chi connectivity index (χ1n) is 6.83. The SMILES string of the molecule is CCC(CO)NC(=O)c1csc(Nc2cccc(C)c2)n1. The van der Waals surface area contributed by atoms with E-state index in [4.69, 9.17) is 5.11 Å². The summed E-state index contributed by atoms with van der Waals surface area (Å²) >= 11 is 1.38. The number of nitrogens with one attached hydrogen (secondary N) is 2. The lowest BCUT2D eigenvalue weighted by Crippen LogP contribution is -2.37. The normalized spacial score (nSPS) is 12.0. The van der Waals surface area contributed by atoms with Crippen molar-refractivity contribution in [3.63, 3.8) is 0 Å². The van der Waals surface area contributed by atoms with Gasteiger partial charge < -0.3 is 15.7 Å². The summed E-state index contributed by atoms with van der Waals surface area (Å²) in [6.45, 7) is 3.86. The van der Waals surface area contributed by atoms with E-state index in [0.717, 1.165) is 11.3 Å². The number of carbonyl (C=O) groups excluding carboxylic acids is 1. The van der Waals surface area contributed by atoms with Crippen LogP contribution in [0, 0.1) is 6.92 Å². The molecule has 112 valence electrons. The molecular weight excluding hydrogens is 286 g/mol. The van der Waals surface area contributed by atoms with Gasteiger partial charge in [0.25, 0.3) is 5.91 Å². The van der Waals surface area contributed by atoms with Gasteiger partial charge in [-0.15, -0.1) is 11.3 Å². The second-order valence-corrected chi connectivity index (χ2v) is 5.65. The third-order valence-corrected chi connectivity index (χ3v) is 3.81. The first-order chi connectivity index (χ1) is 10.1. The van der Waals surface area contributed by atoms with E-state index in [1.807, 2.05) is 38.1 Å². The van der Waals surface area contributed by atoms with Gasteiger partial charge in [0.1, 0.15) is 5.69 Å². The quantitative estimate of drug-likeness (QED) is 0.767. The average molecular weight is 305 g/mol. The molecule has 6 heteroatoms. The molecule has 0 saturated heterocycles. The summed E-state index contributed by atoms with van der Waals surface area (Å²) in [5.74, 6) is -0.260. The van der Waals surface area contributed by atoms with Crippen LogP contribution in [0.5, 0.6) is 0 Å². The molecule has 0 radical (unpaired) electrons. The Morgan fingerprint density at radius 1 is 1.48 bits per heavy atom. The first kappa shape index (κ1) is 15.5. The maximum atomic E-state index is 12.0. The highest BCUT2D eigenvalue weighted by atomic mass is 32.1. The molecule has 5 nitrogen and oxygen atoms in total. The molecule has 0 fully saturated rings. The number of hydrogen-bond acceptors (Lipinski definition) is 5. The largest absolute Gasteiger partial charge is 0.394 e. The summed E-state index contributed by atoms with van der Waals surface area (Å²) in [7, 11) is 0. The lowest BCUT2D eigenvalue weighted by molar-refractivity contribution is 0.0910. The number of aromatic nitrogens is 1. The summed E-state index contributed by atoms with van der Waals surface area (Å²) in [6.07, 6.45) is 0.681. The van der Waals surface area contributed by atoms with Crippen LogP contribution in [0.25, 0.3) is 0 Å². The fourth-order valence-electron chi connectivity index (χ4n) is 1.82. The Kier molecular flexibility index (Phi) is 5.30. The Balaban J connectivity index is 2.02. The zero-order chi connectivity index (χ0) is 15.2. The Hall–Kier alpha value is -1.92. The Labute approximate surface area is 128 Å². The summed E-state index contributed by atoms with van der Waals surface area (Å²) in [5.41, 5.74) is 2.46. The van der Waals surface area contributed by atoms with Crippen molar-refractivity contribution >= 4 is 28.1 Å². The molecule has 0 bridgehead atoms. The van der Waals surface area contributed by atoms with Crippen LogP contribution < -0.4 is 10.6 Å². The molecule has 3 N–H and O–H groups in total. The van der Waals surface area contributed by atoms with E-state index in [1.165, 1.54) is 11.3 Å². The summed E-state index contributed by atoms with van der Waals surface area (Å²) < 4.78 is 0. The van der Waals surface area contributed by atoms with Gasteiger partial charge in [0, 0.05) is 11.1 Å². The highest BCUT2D eigenvalue weighted by Crippen LogP contribution is 2.21. The molecule has 21 heavy (non-hydrogen) atoms. The van der Waals surface area contributed by atoms with Crippen LogP contribution in [-0.4, -0.2) is 28.6 Å². The van der Waals surface area contributed by atoms with Crippen molar-refractivity contribution in [3.05, 3.63) is 40.9 Å². The predicted octanol–water partition coefficient (Wildman–Crippen LogP) is 2.70. The number of nitrogens with zero attached hydrogens (tertiary/aromatic N) is 1. The molecule has 0 saturated carbocycles. The number of thiazole rings is 1. The van der Waals surface area contributed by atoms with Crippen molar-refractivity contribution in [3.8, 4) is 0 Å². The predicted molar refractivity (Wildman–Crippen MR) is 85.2 cm³/mol. The molecule has 0 aliphatic rings. The van der Waals surface area contributed by atoms with Gasteiger partial charge in [0.15, 0.2) is 5.13 Å². The van der Waals surface area contributed by atoms with Crippen molar-refractivity contribution in [2.45, 2.75) is 26.3 Å². The molecule has 2 aromatic rings. The number of amides is 1. The molecule has 0 aliphatic heterocycles. The van der Waals surface area contributed by atoms with Gasteiger partial charge in [0.2, 0.25) is 0 Å². The lowest BCUT2D eigenvalue weighted by Gasteiger charge is -2.12. The number of aliphatic hydroxyl groups is 1. The second-order valence-electron chi connectivity index (χ2n) is 4.79. The van der Waals surface area contributed by atoms with Crippen molar-refractivity contribution in [1.82, 2.24) is 10.3 Å². The molecule has 1 atom stereocenters. The third kappa shape index (κ3) is 4.27. The van der Waals surface area contributed by atoms with E-state index in [1.54, 1.807) is 5.38 Å². The third-order valence-electron chi connectivity index (χ3n) is 3.05. The van der Waals surface area contributed by atoms with E-state index >= 15 is 0 Å². The van der Waals surface area contributed by atoms with E-state index in [2.05, 4.69) is 15.6 Å². The summed E-state index contributed by atoms with van der Waals surface area (Å²) in [5, 5.41) is 17.4. The number of aliphatic hydroxyl groups excluding tert-OH is 1. The standard InChI is InChI=1S/C15H19N3O2S/c1-3-11(8-19)16-14(20)13-9-21-15(18-13)17-12-6-4-5-10(2)7-12/h4-7,9,11,19H,3,8H2,1-2H3,(H,16,20)(H,17,18). The monoisotopic (exact) mass is 305 g/mol. The van der Waals surface area contributed by atoms with Crippen molar-refractivity contribution in [2.75, 3.05) is 11.9 Å². The molecule has 1 unspecified atom stereocenters. The Morgan fingerprint density at radius 2 is 2.29 bits per heavy atom. The van der Waals surface area contributed by atoms with Crippen LogP contribution in [0.3, 0.4) is 0 Å². The molecule has 0 aliphatic carbocycles. The minimum Gasteiger partial charge on any atom is -0.394 e. The number of aryl methyl sites for hydroxylation is 1. The van der Waals surface area contributed by atoms with Gasteiger partial charge in [-0.25, -0.2) is 4.98 Å². The molecule has 1 amide bonds. The molecule has 2 rings (SSSR count). The molecule has 1 heterocycles. The van der Waals surface area contributed by atoms with Crippen LogP contribution in [-0.2, 0) is 0 Å². The maximum Gasteiger partial charge on any atom is 0.271 e. The van der Waals surface area contributed by atoms with Crippen molar-refractivity contribution in [1.29, 1.82) is 0 Å². The number of anilines is 2. The second kappa shape index (κ2) is 7.19. The van der Waals surface area contributed by atoms with Gasteiger partial charge in [0.05, 0.1) is 12.6 Å². The molecule has 1 aromatic heterocycles. The van der Waals surface area contributed by atoms with Gasteiger partial charge >= 0.3 is 0 Å². The topological polar surface area (TPSA) is 74.2 Å². The van der Waals surface area contributed by atoms with Crippen LogP contribution in [0.2, 0.25) is 0 Å². The highest BCUT2D eigenvalue weighted by molar-refractivity contribution is 7.14. The van der Waals surface area contributed by atoms with Gasteiger partial charge in [-0.05, 0) is 31.0 Å². The van der Waals surface area contributed by atoms with Crippen LogP contribution >= 0.6 is 11.3 Å². The number of rotatable bonds is 6. The van der Waals surface area contributed by atoms with Crippen LogP contribution in [0.15, 0.2) is 29.6 Å². The minimum absolute atomic E-state index is 0.0687. The van der Waals surface area contributed by atoms with Crippen LogP contribution in [0.1, 0.15) is 29.4 Å². The van der Waals surface area contributed by atoms with Crippen molar-refractivity contribution < 1.29 is 9.90 Å². The smallest absolute Gasteiger partial charge is 0.271 e. The minimum atomic E-state index is -0.260. The summed E-state index contributed by atoms with van der Waals surface area (Å²) in [6, 6.07) is 7.72. The van der Waals surface area contributed by atoms with E-state index in [-0.39, 0.29) is 18.6 Å². The molecule has 1 aromatic carbocycles. The zero-order valence-electron chi connectivity index (χ0n) is 12.1. The first-order valence-corrected chi connectivity index (χ1v) is 7.71. The Bertz CT molecular complexity index is 608. The van der Waals surface area contributed by atoms with Crippen LogP contribution in [0.4, 0.5) is 10.8 Å². The zero-order valence-corrected chi connectivity index (χ0v) is 12.9. The highest BCUT2D eigenvalue weighted by Gasteiger charge is 2.14. The lowest BCUT2D eigenvalue weighted by atomic mass is 10.2.